The molecule has 0 aliphatic heterocycles. The molecule has 2 aromatic rings. The van der Waals surface area contributed by atoms with Gasteiger partial charge in [-0.05, 0) is 18.6 Å². The number of nitrogens with zero attached hydrogens (tertiary/aromatic N) is 1. The van der Waals surface area contributed by atoms with E-state index in [0.29, 0.717) is 0 Å². The number of carbonyl (C=O) groups excluding carboxylic acids is 1. The number of carbonyl (C=O) groups is 1. The fourth-order valence-electron chi connectivity index (χ4n) is 1.75. The van der Waals surface area contributed by atoms with Gasteiger partial charge in [-0.25, -0.2) is 0 Å². The second-order valence-electron chi connectivity index (χ2n) is 3.28. The van der Waals surface area contributed by atoms with Crippen molar-refractivity contribution in [1.82, 2.24) is 4.57 Å². The maximum absolute atomic E-state index is 10.8. The van der Waals surface area contributed by atoms with Gasteiger partial charge in [-0.3, -0.25) is 4.79 Å². The minimum Gasteiger partial charge on any atom is -0.350 e. The van der Waals surface area contributed by atoms with E-state index >= 15 is 0 Å². The molecule has 2 rings (SSSR count). The van der Waals surface area contributed by atoms with Crippen molar-refractivity contribution >= 4 is 17.2 Å². The second-order valence-corrected chi connectivity index (χ2v) is 3.28. The van der Waals surface area contributed by atoms with Crippen LogP contribution >= 0.6 is 0 Å². The van der Waals surface area contributed by atoms with Crippen LogP contribution in [0.3, 0.4) is 0 Å². The quantitative estimate of drug-likeness (QED) is 0.606. The zero-order chi connectivity index (χ0) is 9.42. The Morgan fingerprint density at radius 3 is 2.85 bits per heavy atom. The summed E-state index contributed by atoms with van der Waals surface area (Å²) in [5.41, 5.74) is 3.04. The largest absolute Gasteiger partial charge is 0.350 e. The third-order valence-electron chi connectivity index (χ3n) is 2.38. The molecule has 0 bridgehead atoms. The molecular formula is C11H11NO. The van der Waals surface area contributed by atoms with E-state index in [2.05, 4.69) is 0 Å². The topological polar surface area (TPSA) is 22.0 Å². The fraction of sp³-hybridized carbons (Fsp3) is 0.182. The average Bonchev–Trinajstić information content (AvgIpc) is 2.45. The van der Waals surface area contributed by atoms with E-state index in [-0.39, 0.29) is 0 Å². The van der Waals surface area contributed by atoms with Crippen LogP contribution in [0.4, 0.5) is 0 Å². The summed E-state index contributed by atoms with van der Waals surface area (Å²) in [5, 5.41) is 1.07. The van der Waals surface area contributed by atoms with E-state index < -0.39 is 0 Å². The maximum atomic E-state index is 10.8. The first-order valence-electron chi connectivity index (χ1n) is 4.24. The molecule has 0 atom stereocenters. The second kappa shape index (κ2) is 2.73. The molecule has 0 fully saturated rings. The smallest absolute Gasteiger partial charge is 0.152 e. The first-order chi connectivity index (χ1) is 6.24. The lowest BCUT2D eigenvalue weighted by Gasteiger charge is -1.97. The molecule has 0 spiro atoms. The number of hydrogen-bond donors (Lipinski definition) is 0. The zero-order valence-corrected chi connectivity index (χ0v) is 7.74. The van der Waals surface area contributed by atoms with E-state index in [1.807, 2.05) is 42.9 Å². The predicted octanol–water partition coefficient (Wildman–Crippen LogP) is 2.30. The highest BCUT2D eigenvalue weighted by Gasteiger charge is 2.06. The van der Waals surface area contributed by atoms with Crippen LogP contribution in [0.15, 0.2) is 24.4 Å². The number of aldehydes is 1. The molecule has 0 saturated carbocycles. The summed E-state index contributed by atoms with van der Waals surface area (Å²) >= 11 is 0. The van der Waals surface area contributed by atoms with Crippen LogP contribution in [-0.4, -0.2) is 10.9 Å². The number of aryl methyl sites for hydroxylation is 2. The van der Waals surface area contributed by atoms with Crippen LogP contribution in [0.5, 0.6) is 0 Å². The molecule has 66 valence electrons. The van der Waals surface area contributed by atoms with Gasteiger partial charge in [-0.2, -0.15) is 0 Å². The van der Waals surface area contributed by atoms with Gasteiger partial charge in [0.15, 0.2) is 6.29 Å². The summed E-state index contributed by atoms with van der Waals surface area (Å²) in [6.45, 7) is 2.02. The Kier molecular flexibility index (Phi) is 1.69. The van der Waals surface area contributed by atoms with E-state index in [4.69, 9.17) is 0 Å². The van der Waals surface area contributed by atoms with Crippen LogP contribution in [-0.2, 0) is 7.05 Å². The standard InChI is InChI=1S/C11H11NO/c1-8-4-3-5-10-11(8)9(7-13)6-12(10)2/h3-7H,1-2H3. The van der Waals surface area contributed by atoms with Gasteiger partial charge < -0.3 is 4.57 Å². The average molecular weight is 173 g/mol. The summed E-state index contributed by atoms with van der Waals surface area (Å²) in [6.07, 6.45) is 2.78. The van der Waals surface area contributed by atoms with Gasteiger partial charge in [-0.1, -0.05) is 12.1 Å². The van der Waals surface area contributed by atoms with Crippen molar-refractivity contribution in [2.24, 2.45) is 7.05 Å². The lowest BCUT2D eigenvalue weighted by atomic mass is 10.1. The van der Waals surface area contributed by atoms with Crippen molar-refractivity contribution in [2.45, 2.75) is 6.92 Å². The molecule has 13 heavy (non-hydrogen) atoms. The first-order valence-corrected chi connectivity index (χ1v) is 4.24. The summed E-state index contributed by atoms with van der Waals surface area (Å²) in [4.78, 5) is 10.8. The molecule has 0 saturated heterocycles. The lowest BCUT2D eigenvalue weighted by molar-refractivity contribution is 0.112. The number of hydrogen-bond acceptors (Lipinski definition) is 1. The lowest BCUT2D eigenvalue weighted by Crippen LogP contribution is -1.83. The Morgan fingerprint density at radius 1 is 1.38 bits per heavy atom. The van der Waals surface area contributed by atoms with Crippen molar-refractivity contribution in [2.75, 3.05) is 0 Å². The SMILES string of the molecule is Cc1cccc2c1c(C=O)cn2C. The third kappa shape index (κ3) is 1.06. The molecule has 0 amide bonds. The van der Waals surface area contributed by atoms with Crippen LogP contribution < -0.4 is 0 Å². The molecule has 0 N–H and O–H groups in total. The predicted molar refractivity (Wildman–Crippen MR) is 53.0 cm³/mol. The number of rotatable bonds is 1. The summed E-state index contributed by atoms with van der Waals surface area (Å²) in [6, 6.07) is 6.05. The molecule has 2 nitrogen and oxygen atoms in total. The Labute approximate surface area is 76.8 Å². The Balaban J connectivity index is 2.96. The molecule has 0 unspecified atom stereocenters. The third-order valence-corrected chi connectivity index (χ3v) is 2.38. The van der Waals surface area contributed by atoms with Crippen molar-refractivity contribution in [3.05, 3.63) is 35.5 Å². The molecule has 0 aliphatic carbocycles. The summed E-state index contributed by atoms with van der Waals surface area (Å²) < 4.78 is 1.98. The number of fused-ring (bicyclic) bond motifs is 1. The molecular weight excluding hydrogens is 162 g/mol. The Hall–Kier alpha value is -1.57. The molecule has 1 aromatic carbocycles. The monoisotopic (exact) mass is 173 g/mol. The zero-order valence-electron chi connectivity index (χ0n) is 7.74. The highest BCUT2D eigenvalue weighted by atomic mass is 16.1. The van der Waals surface area contributed by atoms with E-state index in [0.717, 1.165) is 28.3 Å². The Morgan fingerprint density at radius 2 is 2.15 bits per heavy atom. The molecule has 0 aliphatic rings. The van der Waals surface area contributed by atoms with E-state index in [1.54, 1.807) is 0 Å². The van der Waals surface area contributed by atoms with Crippen LogP contribution in [0.2, 0.25) is 0 Å². The van der Waals surface area contributed by atoms with Crippen molar-refractivity contribution < 1.29 is 4.79 Å². The van der Waals surface area contributed by atoms with Gasteiger partial charge in [0, 0.05) is 29.7 Å². The number of aromatic nitrogens is 1. The Bertz CT molecular complexity index is 468. The molecule has 1 heterocycles. The van der Waals surface area contributed by atoms with E-state index in [9.17, 15) is 4.79 Å². The van der Waals surface area contributed by atoms with Crippen molar-refractivity contribution in [3.63, 3.8) is 0 Å². The van der Waals surface area contributed by atoms with Crippen molar-refractivity contribution in [3.8, 4) is 0 Å². The maximum Gasteiger partial charge on any atom is 0.152 e. The minimum atomic E-state index is 0.774. The molecule has 1 aromatic heterocycles. The van der Waals surface area contributed by atoms with Gasteiger partial charge in [-0.15, -0.1) is 0 Å². The minimum absolute atomic E-state index is 0.774. The van der Waals surface area contributed by atoms with E-state index in [1.165, 1.54) is 0 Å². The van der Waals surface area contributed by atoms with Crippen LogP contribution in [0.25, 0.3) is 10.9 Å². The molecule has 0 radical (unpaired) electrons. The normalized spacial score (nSPS) is 10.6. The highest BCUT2D eigenvalue weighted by Crippen LogP contribution is 2.22. The van der Waals surface area contributed by atoms with Gasteiger partial charge in [0.1, 0.15) is 0 Å². The van der Waals surface area contributed by atoms with Crippen LogP contribution in [0.1, 0.15) is 15.9 Å². The van der Waals surface area contributed by atoms with Gasteiger partial charge in [0.2, 0.25) is 0 Å². The summed E-state index contributed by atoms with van der Waals surface area (Å²) in [7, 11) is 1.95. The summed E-state index contributed by atoms with van der Waals surface area (Å²) in [5.74, 6) is 0. The van der Waals surface area contributed by atoms with Gasteiger partial charge in [0.05, 0.1) is 0 Å². The van der Waals surface area contributed by atoms with Crippen LogP contribution in [0, 0.1) is 6.92 Å². The molecule has 2 heteroatoms. The fourth-order valence-corrected chi connectivity index (χ4v) is 1.75. The number of benzene rings is 1. The van der Waals surface area contributed by atoms with Crippen molar-refractivity contribution in [1.29, 1.82) is 0 Å². The highest BCUT2D eigenvalue weighted by molar-refractivity contribution is 5.99. The van der Waals surface area contributed by atoms with Gasteiger partial charge >= 0.3 is 0 Å². The van der Waals surface area contributed by atoms with Gasteiger partial charge in [0.25, 0.3) is 0 Å². The first kappa shape index (κ1) is 8.05.